The number of carboxylic acid groups (broad SMARTS) is 2. The van der Waals surface area contributed by atoms with Gasteiger partial charge >= 0.3 is 17.9 Å². The molecule has 0 saturated carbocycles. The minimum absolute atomic E-state index is 0.0319. The fourth-order valence-electron chi connectivity index (χ4n) is 2.62. The first kappa shape index (κ1) is 22.9. The monoisotopic (exact) mass is 390 g/mol. The van der Waals surface area contributed by atoms with Gasteiger partial charge in [-0.05, 0) is 31.9 Å². The lowest BCUT2D eigenvalue weighted by atomic mass is 10.1. The second-order valence-electron chi connectivity index (χ2n) is 6.32. The van der Waals surface area contributed by atoms with E-state index in [2.05, 4.69) is 17.0 Å². The molecule has 0 radical (unpaired) electrons. The number of likely N-dealkylation sites (tertiary alicyclic amines) is 1. The largest absolute Gasteiger partial charge is 0.478 e. The number of nitrogens with two attached hydrogens (primary N) is 1. The van der Waals surface area contributed by atoms with Gasteiger partial charge in [0.2, 0.25) is 0 Å². The Morgan fingerprint density at radius 2 is 1.79 bits per heavy atom. The number of carbonyl (C=O) groups excluding carboxylic acids is 1. The molecule has 0 amide bonds. The lowest BCUT2D eigenvalue weighted by molar-refractivity contribution is -0.145. The standard InChI is InChI=1S/C16H22N2O2.C4H4O4/c1-13(17)10-16(19)20-15-8-5-9-18(12-15)11-14-6-3-2-4-7-14;5-3(6)1-2-4(7)8/h2-4,6-7,10,15H,5,8-9,11-12,17H2,1H3;1-2H,(H,5,6)(H,7,8)/b13-10+;2-1+. The molecule has 0 spiro atoms. The number of rotatable bonds is 6. The van der Waals surface area contributed by atoms with Crippen molar-refractivity contribution in [1.29, 1.82) is 0 Å². The summed E-state index contributed by atoms with van der Waals surface area (Å²) in [5, 5.41) is 15.6. The summed E-state index contributed by atoms with van der Waals surface area (Å²) >= 11 is 0. The molecule has 28 heavy (non-hydrogen) atoms. The van der Waals surface area contributed by atoms with E-state index in [1.807, 2.05) is 18.2 Å². The van der Waals surface area contributed by atoms with E-state index in [0.29, 0.717) is 17.8 Å². The number of ether oxygens (including phenoxy) is 1. The number of allylic oxidation sites excluding steroid dienone is 1. The first-order valence-corrected chi connectivity index (χ1v) is 8.81. The number of hydrogen-bond donors (Lipinski definition) is 3. The minimum atomic E-state index is -1.26. The van der Waals surface area contributed by atoms with Crippen molar-refractivity contribution in [3.05, 3.63) is 59.8 Å². The van der Waals surface area contributed by atoms with E-state index in [1.54, 1.807) is 6.92 Å². The Kier molecular flexibility index (Phi) is 10.1. The van der Waals surface area contributed by atoms with E-state index in [0.717, 1.165) is 32.5 Å². The zero-order valence-electron chi connectivity index (χ0n) is 15.8. The van der Waals surface area contributed by atoms with Gasteiger partial charge in [0, 0.05) is 37.0 Å². The van der Waals surface area contributed by atoms with Gasteiger partial charge in [-0.25, -0.2) is 14.4 Å². The zero-order valence-corrected chi connectivity index (χ0v) is 15.8. The Morgan fingerprint density at radius 3 is 2.32 bits per heavy atom. The van der Waals surface area contributed by atoms with Crippen molar-refractivity contribution < 1.29 is 29.3 Å². The molecule has 1 heterocycles. The average molecular weight is 390 g/mol. The molecule has 152 valence electrons. The molecule has 1 unspecified atom stereocenters. The second-order valence-corrected chi connectivity index (χ2v) is 6.32. The van der Waals surface area contributed by atoms with Crippen molar-refractivity contribution in [3.63, 3.8) is 0 Å². The smallest absolute Gasteiger partial charge is 0.332 e. The van der Waals surface area contributed by atoms with Crippen LogP contribution in [0.5, 0.6) is 0 Å². The lowest BCUT2D eigenvalue weighted by Gasteiger charge is -2.32. The molecule has 0 bridgehead atoms. The molecular formula is C20H26N2O6. The summed E-state index contributed by atoms with van der Waals surface area (Å²) in [4.78, 5) is 33.0. The van der Waals surface area contributed by atoms with Gasteiger partial charge in [0.15, 0.2) is 0 Å². The number of hydrogen-bond acceptors (Lipinski definition) is 6. The van der Waals surface area contributed by atoms with Crippen LogP contribution in [-0.2, 0) is 25.7 Å². The van der Waals surface area contributed by atoms with Crippen molar-refractivity contribution in [1.82, 2.24) is 4.90 Å². The molecule has 1 aromatic rings. The topological polar surface area (TPSA) is 130 Å². The third kappa shape index (κ3) is 10.8. The molecule has 1 saturated heterocycles. The molecular weight excluding hydrogens is 364 g/mol. The Hall–Kier alpha value is -3.13. The van der Waals surface area contributed by atoms with Gasteiger partial charge in [0.05, 0.1) is 0 Å². The van der Waals surface area contributed by atoms with Gasteiger partial charge in [-0.2, -0.15) is 0 Å². The number of nitrogens with zero attached hydrogens (tertiary/aromatic N) is 1. The highest BCUT2D eigenvalue weighted by molar-refractivity contribution is 5.89. The first-order valence-electron chi connectivity index (χ1n) is 8.81. The number of carboxylic acids is 2. The summed E-state index contributed by atoms with van der Waals surface area (Å²) < 4.78 is 5.43. The van der Waals surface area contributed by atoms with Crippen LogP contribution in [0.25, 0.3) is 0 Å². The maximum Gasteiger partial charge on any atom is 0.332 e. The van der Waals surface area contributed by atoms with Gasteiger partial charge in [0.1, 0.15) is 6.10 Å². The van der Waals surface area contributed by atoms with Crippen LogP contribution in [0.15, 0.2) is 54.3 Å². The molecule has 1 aliphatic heterocycles. The number of benzene rings is 1. The molecule has 4 N–H and O–H groups in total. The quantitative estimate of drug-likeness (QED) is 0.495. The van der Waals surface area contributed by atoms with Gasteiger partial charge in [0.25, 0.3) is 0 Å². The van der Waals surface area contributed by atoms with E-state index >= 15 is 0 Å². The van der Waals surface area contributed by atoms with E-state index < -0.39 is 11.9 Å². The fraction of sp³-hybridized carbons (Fsp3) is 0.350. The van der Waals surface area contributed by atoms with Crippen LogP contribution >= 0.6 is 0 Å². The SMILES string of the molecule is C/C(N)=C\C(=O)OC1CCCN(Cc2ccccc2)C1.O=C(O)/C=C/C(=O)O. The molecule has 8 heteroatoms. The summed E-state index contributed by atoms with van der Waals surface area (Å²) in [6.07, 6.45) is 4.40. The predicted molar refractivity (Wildman–Crippen MR) is 103 cm³/mol. The molecule has 8 nitrogen and oxygen atoms in total. The first-order chi connectivity index (χ1) is 13.3. The van der Waals surface area contributed by atoms with Crippen LogP contribution < -0.4 is 5.73 Å². The van der Waals surface area contributed by atoms with Crippen molar-refractivity contribution in [2.75, 3.05) is 13.1 Å². The van der Waals surface area contributed by atoms with Crippen molar-refractivity contribution in [3.8, 4) is 0 Å². The van der Waals surface area contributed by atoms with Crippen molar-refractivity contribution in [2.45, 2.75) is 32.4 Å². The van der Waals surface area contributed by atoms with Gasteiger partial charge in [-0.1, -0.05) is 30.3 Å². The van der Waals surface area contributed by atoms with Crippen LogP contribution in [0, 0.1) is 0 Å². The van der Waals surface area contributed by atoms with Crippen LogP contribution in [0.4, 0.5) is 0 Å². The summed E-state index contributed by atoms with van der Waals surface area (Å²) in [5.74, 6) is -2.85. The highest BCUT2D eigenvalue weighted by atomic mass is 16.5. The third-order valence-electron chi connectivity index (χ3n) is 3.71. The van der Waals surface area contributed by atoms with E-state index in [9.17, 15) is 14.4 Å². The Bertz CT molecular complexity index is 695. The normalized spacial score (nSPS) is 17.5. The van der Waals surface area contributed by atoms with Gasteiger partial charge < -0.3 is 20.7 Å². The fourth-order valence-corrected chi connectivity index (χ4v) is 2.62. The van der Waals surface area contributed by atoms with Crippen LogP contribution in [0.2, 0.25) is 0 Å². The average Bonchev–Trinajstić information content (AvgIpc) is 2.61. The Balaban J connectivity index is 0.000000416. The molecule has 0 aromatic heterocycles. The highest BCUT2D eigenvalue weighted by Crippen LogP contribution is 2.16. The molecule has 2 rings (SSSR count). The molecule has 0 aliphatic carbocycles. The maximum atomic E-state index is 11.6. The van der Waals surface area contributed by atoms with Crippen LogP contribution in [0.1, 0.15) is 25.3 Å². The number of carbonyl (C=O) groups is 3. The maximum absolute atomic E-state index is 11.6. The van der Waals surface area contributed by atoms with Crippen molar-refractivity contribution >= 4 is 17.9 Å². The van der Waals surface area contributed by atoms with Crippen LogP contribution in [-0.4, -0.2) is 52.2 Å². The van der Waals surface area contributed by atoms with E-state index in [-0.39, 0.29) is 12.1 Å². The Morgan fingerprint density at radius 1 is 1.18 bits per heavy atom. The predicted octanol–water partition coefficient (Wildman–Crippen LogP) is 1.77. The molecule has 1 fully saturated rings. The number of esters is 1. The highest BCUT2D eigenvalue weighted by Gasteiger charge is 2.22. The number of piperidine rings is 1. The molecule has 1 atom stereocenters. The summed E-state index contributed by atoms with van der Waals surface area (Å²) in [5.41, 5.74) is 7.25. The summed E-state index contributed by atoms with van der Waals surface area (Å²) in [6.45, 7) is 4.43. The van der Waals surface area contributed by atoms with Gasteiger partial charge in [-0.3, -0.25) is 4.90 Å². The minimum Gasteiger partial charge on any atom is -0.478 e. The Labute approximate surface area is 163 Å². The van der Waals surface area contributed by atoms with Crippen molar-refractivity contribution in [2.24, 2.45) is 5.73 Å². The van der Waals surface area contributed by atoms with Gasteiger partial charge in [-0.15, -0.1) is 0 Å². The zero-order chi connectivity index (χ0) is 20.9. The van der Waals surface area contributed by atoms with E-state index in [1.165, 1.54) is 11.6 Å². The van der Waals surface area contributed by atoms with E-state index in [4.69, 9.17) is 20.7 Å². The lowest BCUT2D eigenvalue weighted by Crippen LogP contribution is -2.40. The number of aliphatic carboxylic acids is 2. The van der Waals surface area contributed by atoms with Crippen LogP contribution in [0.3, 0.4) is 0 Å². The second kappa shape index (κ2) is 12.3. The third-order valence-corrected chi connectivity index (χ3v) is 3.71. The summed E-state index contributed by atoms with van der Waals surface area (Å²) in [6, 6.07) is 10.4. The summed E-state index contributed by atoms with van der Waals surface area (Å²) in [7, 11) is 0. The molecule has 1 aliphatic rings. The molecule has 1 aromatic carbocycles.